The summed E-state index contributed by atoms with van der Waals surface area (Å²) in [6.07, 6.45) is 2.22. The largest absolute Gasteiger partial charge is 0.325 e. The van der Waals surface area contributed by atoms with E-state index >= 15 is 0 Å². The van der Waals surface area contributed by atoms with Crippen LogP contribution in [0.15, 0.2) is 35.6 Å². The summed E-state index contributed by atoms with van der Waals surface area (Å²) >= 11 is 7.53. The van der Waals surface area contributed by atoms with Crippen molar-refractivity contribution < 1.29 is 4.79 Å². The van der Waals surface area contributed by atoms with E-state index in [0.717, 1.165) is 16.3 Å². The fraction of sp³-hybridized carbons (Fsp3) is 0.312. The molecule has 116 valence electrons. The maximum absolute atomic E-state index is 12.4. The van der Waals surface area contributed by atoms with Crippen LogP contribution in [-0.2, 0) is 4.79 Å². The standard InChI is InChI=1S/C16H18ClN3OS/c1-4-14(22-15-7-11(3)18-9-19-15)16(21)20-12-6-5-10(2)13(17)8-12/h5-9,14H,4H2,1-3H3,(H,20,21)/t14-/m1/s1. The summed E-state index contributed by atoms with van der Waals surface area (Å²) in [5.41, 5.74) is 2.58. The summed E-state index contributed by atoms with van der Waals surface area (Å²) in [4.78, 5) is 20.7. The zero-order valence-corrected chi connectivity index (χ0v) is 14.3. The smallest absolute Gasteiger partial charge is 0.237 e. The van der Waals surface area contributed by atoms with Gasteiger partial charge < -0.3 is 5.32 Å². The van der Waals surface area contributed by atoms with E-state index in [0.29, 0.717) is 17.1 Å². The molecular formula is C16H18ClN3OS. The summed E-state index contributed by atoms with van der Waals surface area (Å²) in [6.45, 7) is 5.81. The predicted octanol–water partition coefficient (Wildman–Crippen LogP) is 4.26. The molecule has 0 bridgehead atoms. The van der Waals surface area contributed by atoms with E-state index in [4.69, 9.17) is 11.6 Å². The molecule has 4 nitrogen and oxygen atoms in total. The van der Waals surface area contributed by atoms with Crippen molar-refractivity contribution >= 4 is 35.0 Å². The number of rotatable bonds is 5. The highest BCUT2D eigenvalue weighted by molar-refractivity contribution is 8.00. The Morgan fingerprint density at radius 1 is 1.32 bits per heavy atom. The number of halogens is 1. The Kier molecular flexibility index (Phi) is 5.80. The van der Waals surface area contributed by atoms with Crippen LogP contribution in [0.3, 0.4) is 0 Å². The molecule has 6 heteroatoms. The normalized spacial score (nSPS) is 12.0. The van der Waals surface area contributed by atoms with Gasteiger partial charge in [-0.3, -0.25) is 4.79 Å². The molecule has 1 aromatic heterocycles. The summed E-state index contributed by atoms with van der Waals surface area (Å²) in [5.74, 6) is -0.0521. The number of hydrogen-bond acceptors (Lipinski definition) is 4. The SMILES string of the molecule is CC[C@@H](Sc1cc(C)ncn1)C(=O)Nc1ccc(C)c(Cl)c1. The van der Waals surface area contributed by atoms with Crippen LogP contribution in [0, 0.1) is 13.8 Å². The van der Waals surface area contributed by atoms with Gasteiger partial charge in [0, 0.05) is 16.4 Å². The molecule has 2 rings (SSSR count). The first-order chi connectivity index (χ1) is 10.5. The number of aromatic nitrogens is 2. The number of hydrogen-bond donors (Lipinski definition) is 1. The maximum atomic E-state index is 12.4. The first-order valence-electron chi connectivity index (χ1n) is 7.02. The lowest BCUT2D eigenvalue weighted by Crippen LogP contribution is -2.24. The molecule has 0 radical (unpaired) electrons. The van der Waals surface area contributed by atoms with Crippen molar-refractivity contribution in [1.29, 1.82) is 0 Å². The van der Waals surface area contributed by atoms with Crippen LogP contribution in [-0.4, -0.2) is 21.1 Å². The minimum atomic E-state index is -0.214. The number of aryl methyl sites for hydroxylation is 2. The van der Waals surface area contributed by atoms with Crippen molar-refractivity contribution in [2.75, 3.05) is 5.32 Å². The average molecular weight is 336 g/mol. The Bertz CT molecular complexity index is 678. The van der Waals surface area contributed by atoms with Crippen LogP contribution < -0.4 is 5.32 Å². The summed E-state index contributed by atoms with van der Waals surface area (Å²) < 4.78 is 0. The highest BCUT2D eigenvalue weighted by atomic mass is 35.5. The van der Waals surface area contributed by atoms with Crippen molar-refractivity contribution in [3.63, 3.8) is 0 Å². The predicted molar refractivity (Wildman–Crippen MR) is 91.5 cm³/mol. The van der Waals surface area contributed by atoms with Gasteiger partial charge in [-0.2, -0.15) is 0 Å². The molecule has 22 heavy (non-hydrogen) atoms. The number of amides is 1. The number of anilines is 1. The Morgan fingerprint density at radius 3 is 2.73 bits per heavy atom. The molecule has 2 aromatic rings. The van der Waals surface area contributed by atoms with Crippen LogP contribution in [0.2, 0.25) is 5.02 Å². The van der Waals surface area contributed by atoms with Crippen LogP contribution in [0.5, 0.6) is 0 Å². The molecule has 0 spiro atoms. The number of nitrogens with one attached hydrogen (secondary N) is 1. The molecule has 0 aliphatic carbocycles. The monoisotopic (exact) mass is 335 g/mol. The van der Waals surface area contributed by atoms with Gasteiger partial charge in [-0.05, 0) is 44.0 Å². The maximum Gasteiger partial charge on any atom is 0.237 e. The van der Waals surface area contributed by atoms with E-state index in [9.17, 15) is 4.79 Å². The minimum Gasteiger partial charge on any atom is -0.325 e. The molecule has 1 N–H and O–H groups in total. The van der Waals surface area contributed by atoms with Gasteiger partial charge in [0.25, 0.3) is 0 Å². The quantitative estimate of drug-likeness (QED) is 0.655. The first kappa shape index (κ1) is 16.8. The second-order valence-corrected chi connectivity index (χ2v) is 6.60. The molecule has 0 unspecified atom stereocenters. The first-order valence-corrected chi connectivity index (χ1v) is 8.27. The lowest BCUT2D eigenvalue weighted by Gasteiger charge is -2.14. The van der Waals surface area contributed by atoms with Crippen molar-refractivity contribution in [3.05, 3.63) is 46.9 Å². The van der Waals surface area contributed by atoms with Gasteiger partial charge in [0.1, 0.15) is 11.4 Å². The third-order valence-electron chi connectivity index (χ3n) is 3.14. The summed E-state index contributed by atoms with van der Waals surface area (Å²) in [7, 11) is 0. The van der Waals surface area contributed by atoms with Gasteiger partial charge in [-0.15, -0.1) is 0 Å². The Morgan fingerprint density at radius 2 is 2.09 bits per heavy atom. The van der Waals surface area contributed by atoms with E-state index < -0.39 is 0 Å². The lowest BCUT2D eigenvalue weighted by molar-refractivity contribution is -0.115. The summed E-state index contributed by atoms with van der Waals surface area (Å²) in [5, 5.41) is 4.14. The zero-order valence-electron chi connectivity index (χ0n) is 12.8. The molecule has 0 aliphatic rings. The van der Waals surface area contributed by atoms with E-state index in [1.807, 2.05) is 39.0 Å². The van der Waals surface area contributed by atoms with Gasteiger partial charge >= 0.3 is 0 Å². The molecule has 0 fully saturated rings. The molecule has 1 aromatic carbocycles. The Balaban J connectivity index is 2.06. The van der Waals surface area contributed by atoms with Crippen molar-refractivity contribution in [3.8, 4) is 0 Å². The zero-order chi connectivity index (χ0) is 16.1. The molecule has 1 heterocycles. The third kappa shape index (κ3) is 4.45. The molecule has 0 aliphatic heterocycles. The van der Waals surface area contributed by atoms with E-state index in [1.165, 1.54) is 18.1 Å². The van der Waals surface area contributed by atoms with Crippen molar-refractivity contribution in [2.45, 2.75) is 37.5 Å². The van der Waals surface area contributed by atoms with Crippen LogP contribution in [0.25, 0.3) is 0 Å². The number of thioether (sulfide) groups is 1. The topological polar surface area (TPSA) is 54.9 Å². The van der Waals surface area contributed by atoms with Gasteiger partial charge in [-0.1, -0.05) is 36.4 Å². The van der Waals surface area contributed by atoms with Crippen LogP contribution in [0.1, 0.15) is 24.6 Å². The molecule has 1 atom stereocenters. The van der Waals surface area contributed by atoms with Gasteiger partial charge in [-0.25, -0.2) is 9.97 Å². The highest BCUT2D eigenvalue weighted by Gasteiger charge is 2.19. The number of benzene rings is 1. The minimum absolute atomic E-state index is 0.0521. The average Bonchev–Trinajstić information content (AvgIpc) is 2.48. The molecule has 0 saturated heterocycles. The second-order valence-electron chi connectivity index (χ2n) is 4.97. The lowest BCUT2D eigenvalue weighted by atomic mass is 10.2. The van der Waals surface area contributed by atoms with Crippen LogP contribution >= 0.6 is 23.4 Å². The number of carbonyl (C=O) groups is 1. The van der Waals surface area contributed by atoms with Crippen molar-refractivity contribution in [1.82, 2.24) is 9.97 Å². The third-order valence-corrected chi connectivity index (χ3v) is 4.85. The number of nitrogens with zero attached hydrogens (tertiary/aromatic N) is 2. The van der Waals surface area contributed by atoms with Crippen molar-refractivity contribution in [2.24, 2.45) is 0 Å². The Labute approximate surface area is 139 Å². The van der Waals surface area contributed by atoms with Crippen LogP contribution in [0.4, 0.5) is 5.69 Å². The van der Waals surface area contributed by atoms with Gasteiger partial charge in [0.2, 0.25) is 5.91 Å². The molecular weight excluding hydrogens is 318 g/mol. The van der Waals surface area contributed by atoms with E-state index in [-0.39, 0.29) is 11.2 Å². The van der Waals surface area contributed by atoms with E-state index in [2.05, 4.69) is 15.3 Å². The Hall–Kier alpha value is -1.59. The molecule has 0 saturated carbocycles. The van der Waals surface area contributed by atoms with Gasteiger partial charge in [0.05, 0.1) is 5.25 Å². The number of carbonyl (C=O) groups excluding carboxylic acids is 1. The molecule has 1 amide bonds. The fourth-order valence-corrected chi connectivity index (χ4v) is 3.01. The summed E-state index contributed by atoms with van der Waals surface area (Å²) in [6, 6.07) is 7.38. The second kappa shape index (κ2) is 7.61. The highest BCUT2D eigenvalue weighted by Crippen LogP contribution is 2.26. The van der Waals surface area contributed by atoms with Gasteiger partial charge in [0.15, 0.2) is 0 Å². The fourth-order valence-electron chi connectivity index (χ4n) is 1.86. The van der Waals surface area contributed by atoms with E-state index in [1.54, 1.807) is 6.07 Å².